The van der Waals surface area contributed by atoms with Gasteiger partial charge in [-0.1, -0.05) is 0 Å². The smallest absolute Gasteiger partial charge is 0.179 e. The first-order valence-corrected chi connectivity index (χ1v) is 4.24. The van der Waals surface area contributed by atoms with Gasteiger partial charge < -0.3 is 9.30 Å². The van der Waals surface area contributed by atoms with Crippen molar-refractivity contribution in [3.8, 4) is 0 Å². The molecule has 1 heterocycles. The average Bonchev–Trinajstić information content (AvgIpc) is 2.37. The largest absolute Gasteiger partial charge is 0.483 e. The SMILES string of the molecule is CC(C)OC(=S)Cn1ccnc1. The summed E-state index contributed by atoms with van der Waals surface area (Å²) in [6.07, 6.45) is 5.45. The summed E-state index contributed by atoms with van der Waals surface area (Å²) in [6.45, 7) is 4.52. The Balaban J connectivity index is 2.37. The van der Waals surface area contributed by atoms with Crippen LogP contribution in [0.2, 0.25) is 0 Å². The second-order valence-corrected chi connectivity index (χ2v) is 3.23. The van der Waals surface area contributed by atoms with E-state index in [1.54, 1.807) is 12.5 Å². The molecule has 0 N–H and O–H groups in total. The summed E-state index contributed by atoms with van der Waals surface area (Å²) in [4.78, 5) is 3.90. The second kappa shape index (κ2) is 4.21. The summed E-state index contributed by atoms with van der Waals surface area (Å²) in [6, 6.07) is 0. The van der Waals surface area contributed by atoms with Crippen molar-refractivity contribution in [2.24, 2.45) is 0 Å². The maximum atomic E-state index is 5.31. The molecule has 0 aliphatic carbocycles. The summed E-state index contributed by atoms with van der Waals surface area (Å²) >= 11 is 5.01. The Bertz CT molecular complexity index is 244. The van der Waals surface area contributed by atoms with Crippen LogP contribution in [0, 0.1) is 0 Å². The molecule has 0 spiro atoms. The van der Waals surface area contributed by atoms with Crippen LogP contribution in [0.3, 0.4) is 0 Å². The molecule has 66 valence electrons. The van der Waals surface area contributed by atoms with E-state index < -0.39 is 0 Å². The fraction of sp³-hybridized carbons (Fsp3) is 0.500. The van der Waals surface area contributed by atoms with Crippen molar-refractivity contribution < 1.29 is 4.74 Å². The van der Waals surface area contributed by atoms with Gasteiger partial charge in [0.05, 0.1) is 19.0 Å². The molecule has 1 rings (SSSR count). The van der Waals surface area contributed by atoms with Crippen molar-refractivity contribution in [2.75, 3.05) is 0 Å². The Morgan fingerprint density at radius 3 is 2.92 bits per heavy atom. The first-order valence-electron chi connectivity index (χ1n) is 3.83. The van der Waals surface area contributed by atoms with Crippen LogP contribution in [0.1, 0.15) is 13.8 Å². The number of hydrogen-bond acceptors (Lipinski definition) is 3. The minimum Gasteiger partial charge on any atom is -0.483 e. The Morgan fingerprint density at radius 1 is 1.67 bits per heavy atom. The van der Waals surface area contributed by atoms with Gasteiger partial charge in [0, 0.05) is 12.4 Å². The van der Waals surface area contributed by atoms with E-state index in [0.29, 0.717) is 11.6 Å². The summed E-state index contributed by atoms with van der Waals surface area (Å²) in [7, 11) is 0. The van der Waals surface area contributed by atoms with E-state index in [9.17, 15) is 0 Å². The van der Waals surface area contributed by atoms with Gasteiger partial charge in [0.15, 0.2) is 5.05 Å². The number of hydrogen-bond donors (Lipinski definition) is 0. The van der Waals surface area contributed by atoms with Crippen LogP contribution in [-0.4, -0.2) is 20.7 Å². The van der Waals surface area contributed by atoms with Crippen molar-refractivity contribution in [3.05, 3.63) is 18.7 Å². The molecule has 0 bridgehead atoms. The van der Waals surface area contributed by atoms with Crippen LogP contribution >= 0.6 is 12.2 Å². The average molecular weight is 184 g/mol. The van der Waals surface area contributed by atoms with Crippen molar-refractivity contribution in [1.29, 1.82) is 0 Å². The molecule has 4 heteroatoms. The van der Waals surface area contributed by atoms with Gasteiger partial charge in [0.25, 0.3) is 0 Å². The summed E-state index contributed by atoms with van der Waals surface area (Å²) < 4.78 is 7.19. The number of thiocarbonyl (C=S) groups is 1. The Kier molecular flexibility index (Phi) is 3.22. The maximum absolute atomic E-state index is 5.31. The normalized spacial score (nSPS) is 10.2. The van der Waals surface area contributed by atoms with Gasteiger partial charge in [-0.25, -0.2) is 4.98 Å². The Morgan fingerprint density at radius 2 is 2.42 bits per heavy atom. The molecule has 0 unspecified atom stereocenters. The molecule has 0 aromatic carbocycles. The topological polar surface area (TPSA) is 27.1 Å². The fourth-order valence-corrected chi connectivity index (χ4v) is 1.17. The van der Waals surface area contributed by atoms with Crippen LogP contribution < -0.4 is 0 Å². The van der Waals surface area contributed by atoms with Crippen LogP contribution in [0.5, 0.6) is 0 Å². The Hall–Kier alpha value is -0.900. The van der Waals surface area contributed by atoms with Crippen LogP contribution in [0.15, 0.2) is 18.7 Å². The first-order chi connectivity index (χ1) is 5.68. The lowest BCUT2D eigenvalue weighted by Gasteiger charge is -2.10. The van der Waals surface area contributed by atoms with Crippen molar-refractivity contribution in [2.45, 2.75) is 26.5 Å². The van der Waals surface area contributed by atoms with E-state index in [1.165, 1.54) is 0 Å². The molecule has 12 heavy (non-hydrogen) atoms. The Labute approximate surface area is 77.4 Å². The first kappa shape index (κ1) is 9.19. The minimum absolute atomic E-state index is 0.154. The van der Waals surface area contributed by atoms with E-state index in [2.05, 4.69) is 4.98 Å². The third-order valence-corrected chi connectivity index (χ3v) is 1.46. The van der Waals surface area contributed by atoms with Crippen LogP contribution in [-0.2, 0) is 11.3 Å². The molecule has 0 fully saturated rings. The predicted octanol–water partition coefficient (Wildman–Crippen LogP) is 1.64. The third-order valence-electron chi connectivity index (χ3n) is 1.24. The summed E-state index contributed by atoms with van der Waals surface area (Å²) in [5.74, 6) is 0. The van der Waals surface area contributed by atoms with Crippen molar-refractivity contribution in [3.63, 3.8) is 0 Å². The molecule has 0 radical (unpaired) electrons. The number of nitrogens with zero attached hydrogens (tertiary/aromatic N) is 2. The zero-order valence-electron chi connectivity index (χ0n) is 7.23. The van der Waals surface area contributed by atoms with E-state index in [1.807, 2.05) is 24.6 Å². The van der Waals surface area contributed by atoms with E-state index in [-0.39, 0.29) is 6.10 Å². The van der Waals surface area contributed by atoms with E-state index in [0.717, 1.165) is 0 Å². The number of ether oxygens (including phenoxy) is 1. The molecule has 3 nitrogen and oxygen atoms in total. The zero-order chi connectivity index (χ0) is 8.97. The zero-order valence-corrected chi connectivity index (χ0v) is 8.04. The number of rotatable bonds is 3. The highest BCUT2D eigenvalue weighted by atomic mass is 32.1. The minimum atomic E-state index is 0.154. The predicted molar refractivity (Wildman–Crippen MR) is 51.0 cm³/mol. The van der Waals surface area contributed by atoms with Crippen molar-refractivity contribution in [1.82, 2.24) is 9.55 Å². The van der Waals surface area contributed by atoms with Gasteiger partial charge in [-0.2, -0.15) is 0 Å². The lowest BCUT2D eigenvalue weighted by molar-refractivity contribution is 0.227. The maximum Gasteiger partial charge on any atom is 0.179 e. The van der Waals surface area contributed by atoms with Gasteiger partial charge in [0.1, 0.15) is 0 Å². The molecule has 0 aliphatic heterocycles. The van der Waals surface area contributed by atoms with Crippen molar-refractivity contribution >= 4 is 17.3 Å². The van der Waals surface area contributed by atoms with Gasteiger partial charge in [0.2, 0.25) is 0 Å². The van der Waals surface area contributed by atoms with Crippen LogP contribution in [0.25, 0.3) is 0 Å². The summed E-state index contributed by atoms with van der Waals surface area (Å²) in [5, 5.41) is 0.600. The van der Waals surface area contributed by atoms with Gasteiger partial charge in [-0.3, -0.25) is 0 Å². The fourth-order valence-electron chi connectivity index (χ4n) is 0.829. The standard InChI is InChI=1S/C8H12N2OS/c1-7(2)11-8(12)5-10-4-3-9-6-10/h3-4,6-7H,5H2,1-2H3. The third kappa shape index (κ3) is 3.00. The molecular formula is C8H12N2OS. The van der Waals surface area contributed by atoms with Gasteiger partial charge >= 0.3 is 0 Å². The molecule has 0 aliphatic rings. The molecule has 0 saturated carbocycles. The second-order valence-electron chi connectivity index (χ2n) is 2.77. The monoisotopic (exact) mass is 184 g/mol. The lowest BCUT2D eigenvalue weighted by atomic mass is 10.5. The van der Waals surface area contributed by atoms with Gasteiger partial charge in [-0.05, 0) is 26.1 Å². The quantitative estimate of drug-likeness (QED) is 0.668. The highest BCUT2D eigenvalue weighted by molar-refractivity contribution is 7.80. The van der Waals surface area contributed by atoms with Gasteiger partial charge in [-0.15, -0.1) is 0 Å². The van der Waals surface area contributed by atoms with E-state index >= 15 is 0 Å². The van der Waals surface area contributed by atoms with Crippen LogP contribution in [0.4, 0.5) is 0 Å². The molecule has 0 saturated heterocycles. The lowest BCUT2D eigenvalue weighted by Crippen LogP contribution is -2.14. The molecule has 0 atom stereocenters. The summed E-state index contributed by atoms with van der Waals surface area (Å²) in [5.41, 5.74) is 0. The highest BCUT2D eigenvalue weighted by Crippen LogP contribution is 1.95. The number of imidazole rings is 1. The van der Waals surface area contributed by atoms with E-state index in [4.69, 9.17) is 17.0 Å². The molecule has 1 aromatic rings. The molecule has 0 amide bonds. The highest BCUT2D eigenvalue weighted by Gasteiger charge is 2.00. The number of aromatic nitrogens is 2. The molecular weight excluding hydrogens is 172 g/mol. The molecule has 1 aromatic heterocycles.